The third-order valence-electron chi connectivity index (χ3n) is 9.21. The maximum atomic E-state index is 14.9. The minimum Gasteiger partial charge on any atom is -0.497 e. The summed E-state index contributed by atoms with van der Waals surface area (Å²) < 4.78 is 53.6. The van der Waals surface area contributed by atoms with Gasteiger partial charge in [0.05, 0.1) is 7.11 Å². The van der Waals surface area contributed by atoms with Gasteiger partial charge in [-0.1, -0.05) is 6.92 Å². The van der Waals surface area contributed by atoms with Crippen LogP contribution in [0.5, 0.6) is 5.75 Å². The molecule has 2 amide bonds. The van der Waals surface area contributed by atoms with Crippen molar-refractivity contribution in [3.05, 3.63) is 58.9 Å². The van der Waals surface area contributed by atoms with Crippen molar-refractivity contribution >= 4 is 17.5 Å². The van der Waals surface area contributed by atoms with Gasteiger partial charge in [-0.05, 0) is 91.8 Å². The van der Waals surface area contributed by atoms with Crippen molar-refractivity contribution in [2.75, 3.05) is 59.4 Å². The molecule has 0 saturated carbocycles. The van der Waals surface area contributed by atoms with Crippen molar-refractivity contribution < 1.29 is 32.2 Å². The number of piperidine rings is 2. The fourth-order valence-electron chi connectivity index (χ4n) is 6.54. The van der Waals surface area contributed by atoms with Crippen LogP contribution >= 0.6 is 0 Å². The molecule has 2 fully saturated rings. The summed E-state index contributed by atoms with van der Waals surface area (Å²) in [7, 11) is 5.67. The SMILES string of the molecule is COc1cc(F)cc(C(C(=O)N2CCC(C)(CC3CCN(c4ccc(C(=O)N(C)C)c(C)c4)CC3)CC2)C(F)(F)OC)c1. The summed E-state index contributed by atoms with van der Waals surface area (Å²) in [4.78, 5) is 31.3. The molecule has 0 spiro atoms. The fraction of sp³-hybridized carbons (Fsp3) is 0.576. The molecule has 2 aromatic rings. The second kappa shape index (κ2) is 13.2. The van der Waals surface area contributed by atoms with Crippen molar-refractivity contribution in [2.45, 2.75) is 58.0 Å². The zero-order valence-corrected chi connectivity index (χ0v) is 26.1. The van der Waals surface area contributed by atoms with Crippen molar-refractivity contribution in [1.82, 2.24) is 9.80 Å². The van der Waals surface area contributed by atoms with Gasteiger partial charge in [0.25, 0.3) is 5.91 Å². The summed E-state index contributed by atoms with van der Waals surface area (Å²) in [6.07, 6.45) is 0.690. The van der Waals surface area contributed by atoms with E-state index in [0.29, 0.717) is 37.4 Å². The van der Waals surface area contributed by atoms with Crippen LogP contribution in [0.15, 0.2) is 36.4 Å². The third-order valence-corrected chi connectivity index (χ3v) is 9.21. The van der Waals surface area contributed by atoms with Gasteiger partial charge >= 0.3 is 6.11 Å². The Hall–Kier alpha value is -3.27. The van der Waals surface area contributed by atoms with Gasteiger partial charge in [-0.3, -0.25) is 9.59 Å². The summed E-state index contributed by atoms with van der Waals surface area (Å²) in [6, 6.07) is 9.31. The Morgan fingerprint density at radius 3 is 2.26 bits per heavy atom. The molecule has 7 nitrogen and oxygen atoms in total. The first-order valence-electron chi connectivity index (χ1n) is 14.9. The van der Waals surface area contributed by atoms with E-state index in [0.717, 1.165) is 62.8 Å². The minimum atomic E-state index is -3.81. The summed E-state index contributed by atoms with van der Waals surface area (Å²) in [5.41, 5.74) is 2.63. The van der Waals surface area contributed by atoms with Gasteiger partial charge in [-0.2, -0.15) is 8.78 Å². The number of carbonyl (C=O) groups is 2. The molecular weight excluding hydrogens is 559 g/mol. The van der Waals surface area contributed by atoms with E-state index >= 15 is 0 Å². The molecule has 2 aromatic carbocycles. The van der Waals surface area contributed by atoms with E-state index in [1.807, 2.05) is 19.1 Å². The molecule has 236 valence electrons. The predicted octanol–water partition coefficient (Wildman–Crippen LogP) is 6.10. The number of hydrogen-bond acceptors (Lipinski definition) is 5. The Labute approximate surface area is 252 Å². The Balaban J connectivity index is 1.35. The first-order chi connectivity index (χ1) is 20.3. The van der Waals surface area contributed by atoms with Gasteiger partial charge < -0.3 is 24.2 Å². The van der Waals surface area contributed by atoms with E-state index < -0.39 is 23.8 Å². The van der Waals surface area contributed by atoms with Crippen LogP contribution in [0, 0.1) is 24.1 Å². The van der Waals surface area contributed by atoms with Crippen molar-refractivity contribution in [3.63, 3.8) is 0 Å². The number of halogens is 3. The number of amides is 2. The minimum absolute atomic E-state index is 0.000808. The van der Waals surface area contributed by atoms with E-state index in [2.05, 4.69) is 22.6 Å². The molecule has 0 aliphatic carbocycles. The molecule has 2 heterocycles. The van der Waals surface area contributed by atoms with Crippen molar-refractivity contribution in [3.8, 4) is 5.75 Å². The number of aryl methyl sites for hydroxylation is 1. The summed E-state index contributed by atoms with van der Waals surface area (Å²) in [6.45, 7) is 6.76. The lowest BCUT2D eigenvalue weighted by atomic mass is 9.71. The normalized spacial score (nSPS) is 18.3. The molecule has 1 unspecified atom stereocenters. The highest BCUT2D eigenvalue weighted by atomic mass is 19.3. The van der Waals surface area contributed by atoms with Crippen LogP contribution in [-0.2, 0) is 9.53 Å². The smallest absolute Gasteiger partial charge is 0.371 e. The Morgan fingerprint density at radius 1 is 1.05 bits per heavy atom. The molecule has 1 atom stereocenters. The molecule has 2 aliphatic heterocycles. The summed E-state index contributed by atoms with van der Waals surface area (Å²) in [5, 5.41) is 0. The number of benzene rings is 2. The number of ether oxygens (including phenoxy) is 2. The molecule has 0 bridgehead atoms. The lowest BCUT2D eigenvalue weighted by Gasteiger charge is -2.44. The number of hydrogen-bond donors (Lipinski definition) is 0. The number of methoxy groups -OCH3 is 2. The standard InChI is InChI=1S/C33H44F3N3O4/c1-22-17-26(7-8-28(22)30(40)37(3)4)38-13-9-23(10-14-38)21-32(2)11-15-39(16-12-32)31(41)29(33(35,36)43-6)24-18-25(34)20-27(19-24)42-5/h7-8,17-20,23,29H,9-16,21H2,1-6H3. The van der Waals surface area contributed by atoms with Crippen molar-refractivity contribution in [2.24, 2.45) is 11.3 Å². The van der Waals surface area contributed by atoms with Gasteiger partial charge in [0, 0.05) is 64.7 Å². The zero-order chi connectivity index (χ0) is 31.5. The number of rotatable bonds is 9. The van der Waals surface area contributed by atoms with Gasteiger partial charge in [0.2, 0.25) is 5.91 Å². The first-order valence-corrected chi connectivity index (χ1v) is 14.9. The zero-order valence-electron chi connectivity index (χ0n) is 26.1. The molecule has 4 rings (SSSR count). The fourth-order valence-corrected chi connectivity index (χ4v) is 6.54. The highest BCUT2D eigenvalue weighted by Crippen LogP contribution is 2.43. The van der Waals surface area contributed by atoms with Crippen LogP contribution < -0.4 is 9.64 Å². The van der Waals surface area contributed by atoms with E-state index in [-0.39, 0.29) is 22.6 Å². The lowest BCUT2D eigenvalue weighted by Crippen LogP contribution is -2.48. The quantitative estimate of drug-likeness (QED) is 0.347. The molecule has 0 N–H and O–H groups in total. The van der Waals surface area contributed by atoms with Crippen LogP contribution in [0.1, 0.15) is 66.4 Å². The Morgan fingerprint density at radius 2 is 1.70 bits per heavy atom. The highest BCUT2D eigenvalue weighted by Gasteiger charge is 2.49. The van der Waals surface area contributed by atoms with Crippen LogP contribution in [0.2, 0.25) is 0 Å². The van der Waals surface area contributed by atoms with Gasteiger partial charge in [-0.15, -0.1) is 0 Å². The molecule has 0 radical (unpaired) electrons. The number of alkyl halides is 2. The number of likely N-dealkylation sites (tertiary alicyclic amines) is 1. The monoisotopic (exact) mass is 603 g/mol. The van der Waals surface area contributed by atoms with E-state index in [9.17, 15) is 22.8 Å². The topological polar surface area (TPSA) is 62.3 Å². The third kappa shape index (κ3) is 7.45. The van der Waals surface area contributed by atoms with Crippen molar-refractivity contribution in [1.29, 1.82) is 0 Å². The second-order valence-electron chi connectivity index (χ2n) is 12.6. The van der Waals surface area contributed by atoms with E-state index in [1.54, 1.807) is 19.0 Å². The van der Waals surface area contributed by atoms with Gasteiger partial charge in [-0.25, -0.2) is 4.39 Å². The average molecular weight is 604 g/mol. The molecule has 10 heteroatoms. The summed E-state index contributed by atoms with van der Waals surface area (Å²) in [5.74, 6) is -2.92. The number of anilines is 1. The Kier molecular flexibility index (Phi) is 9.99. The van der Waals surface area contributed by atoms with Gasteiger partial charge in [0.1, 0.15) is 11.6 Å². The number of nitrogens with zero attached hydrogens (tertiary/aromatic N) is 3. The Bertz CT molecular complexity index is 1300. The predicted molar refractivity (Wildman–Crippen MR) is 160 cm³/mol. The summed E-state index contributed by atoms with van der Waals surface area (Å²) >= 11 is 0. The molecule has 0 aromatic heterocycles. The van der Waals surface area contributed by atoms with Crippen LogP contribution in [0.3, 0.4) is 0 Å². The average Bonchev–Trinajstić information content (AvgIpc) is 2.97. The van der Waals surface area contributed by atoms with E-state index in [1.165, 1.54) is 18.1 Å². The molecule has 43 heavy (non-hydrogen) atoms. The van der Waals surface area contributed by atoms with Crippen LogP contribution in [0.4, 0.5) is 18.9 Å². The van der Waals surface area contributed by atoms with Crippen LogP contribution in [-0.4, -0.2) is 82.2 Å². The van der Waals surface area contributed by atoms with E-state index in [4.69, 9.17) is 4.74 Å². The van der Waals surface area contributed by atoms with Crippen LogP contribution in [0.25, 0.3) is 0 Å². The van der Waals surface area contributed by atoms with Gasteiger partial charge in [0.15, 0.2) is 5.92 Å². The molecule has 2 saturated heterocycles. The maximum absolute atomic E-state index is 14.9. The second-order valence-corrected chi connectivity index (χ2v) is 12.6. The largest absolute Gasteiger partial charge is 0.497 e. The first kappa shape index (κ1) is 32.6. The molecule has 2 aliphatic rings. The molecular formula is C33H44F3N3O4. The maximum Gasteiger partial charge on any atom is 0.371 e. The lowest BCUT2D eigenvalue weighted by molar-refractivity contribution is -0.238. The highest BCUT2D eigenvalue weighted by molar-refractivity contribution is 5.95. The number of carbonyl (C=O) groups excluding carboxylic acids is 2.